The van der Waals surface area contributed by atoms with E-state index in [1.165, 1.54) is 6.07 Å². The van der Waals surface area contributed by atoms with E-state index in [1.54, 1.807) is 12.1 Å². The minimum Gasteiger partial charge on any atom is -0.335 e. The Morgan fingerprint density at radius 1 is 1.30 bits per heavy atom. The van der Waals surface area contributed by atoms with Gasteiger partial charge in [0.2, 0.25) is 5.91 Å². The molecule has 128 valence electrons. The van der Waals surface area contributed by atoms with Crippen LogP contribution in [-0.2, 0) is 11.3 Å². The summed E-state index contributed by atoms with van der Waals surface area (Å²) in [6.45, 7) is 0.933. The molecular weight excluding hydrogens is 383 g/mol. The summed E-state index contributed by atoms with van der Waals surface area (Å²) in [5.41, 5.74) is 6.39. The smallest absolute Gasteiger partial charge is 0.226 e. The summed E-state index contributed by atoms with van der Waals surface area (Å²) < 4.78 is 14.9. The van der Waals surface area contributed by atoms with Gasteiger partial charge in [0.05, 0.1) is 0 Å². The number of hydrogen-bond acceptors (Lipinski definition) is 2. The highest BCUT2D eigenvalue weighted by molar-refractivity contribution is 9.10. The molecule has 1 amide bonds. The predicted octanol–water partition coefficient (Wildman–Crippen LogP) is 3.88. The molecule has 0 aromatic heterocycles. The first-order valence-electron chi connectivity index (χ1n) is 8.04. The number of halogens is 3. The first kappa shape index (κ1) is 18.7. The molecule has 23 heavy (non-hydrogen) atoms. The molecule has 0 bridgehead atoms. The van der Waals surface area contributed by atoms with Crippen molar-refractivity contribution in [2.24, 2.45) is 17.6 Å². The van der Waals surface area contributed by atoms with Crippen LogP contribution in [0.15, 0.2) is 22.7 Å². The molecule has 3 nitrogen and oxygen atoms in total. The third-order valence-electron chi connectivity index (χ3n) is 4.90. The van der Waals surface area contributed by atoms with E-state index in [1.807, 2.05) is 4.90 Å². The van der Waals surface area contributed by atoms with E-state index >= 15 is 0 Å². The minimum atomic E-state index is -0.247. The minimum absolute atomic E-state index is 0. The van der Waals surface area contributed by atoms with Gasteiger partial charge in [-0.05, 0) is 56.3 Å². The number of benzene rings is 1. The van der Waals surface area contributed by atoms with Gasteiger partial charge in [-0.3, -0.25) is 4.79 Å². The van der Waals surface area contributed by atoms with Gasteiger partial charge in [-0.25, -0.2) is 4.39 Å². The number of nitrogens with two attached hydrogens (primary N) is 1. The number of hydrogen-bond donors (Lipinski definition) is 1. The molecule has 0 spiro atoms. The van der Waals surface area contributed by atoms with Crippen LogP contribution in [0, 0.1) is 17.7 Å². The molecule has 0 radical (unpaired) electrons. The number of carbonyl (C=O) groups is 1. The molecule has 2 aliphatic carbocycles. The molecule has 2 N–H and O–H groups in total. The molecular formula is C17H23BrClFN2O. The molecule has 1 aromatic rings. The lowest BCUT2D eigenvalue weighted by Crippen LogP contribution is -2.40. The van der Waals surface area contributed by atoms with Gasteiger partial charge in [-0.1, -0.05) is 22.4 Å². The second-order valence-corrected chi connectivity index (χ2v) is 7.38. The van der Waals surface area contributed by atoms with Crippen LogP contribution in [0.4, 0.5) is 4.39 Å². The summed E-state index contributed by atoms with van der Waals surface area (Å²) in [5, 5.41) is 0. The Morgan fingerprint density at radius 2 is 2.04 bits per heavy atom. The quantitative estimate of drug-likeness (QED) is 0.808. The SMILES string of the molecule is Cl.NC[C@H]1CCC[C@H]1C(=O)N(Cc1cc(Br)ccc1F)C1CC1. The highest BCUT2D eigenvalue weighted by Crippen LogP contribution is 2.37. The lowest BCUT2D eigenvalue weighted by Gasteiger charge is -2.28. The van der Waals surface area contributed by atoms with Crippen molar-refractivity contribution in [2.45, 2.75) is 44.7 Å². The maximum absolute atomic E-state index is 14.0. The Bertz CT molecular complexity index is 568. The van der Waals surface area contributed by atoms with Crippen LogP contribution in [0.3, 0.4) is 0 Å². The summed E-state index contributed by atoms with van der Waals surface area (Å²) in [7, 11) is 0. The Balaban J connectivity index is 0.00000192. The van der Waals surface area contributed by atoms with Crippen molar-refractivity contribution in [3.05, 3.63) is 34.1 Å². The normalized spacial score (nSPS) is 23.4. The van der Waals surface area contributed by atoms with Gasteiger partial charge in [-0.2, -0.15) is 0 Å². The zero-order valence-corrected chi connectivity index (χ0v) is 15.4. The van der Waals surface area contributed by atoms with Gasteiger partial charge in [0, 0.05) is 28.5 Å². The second kappa shape index (κ2) is 7.95. The molecule has 2 fully saturated rings. The third kappa shape index (κ3) is 4.25. The van der Waals surface area contributed by atoms with E-state index in [0.29, 0.717) is 24.6 Å². The average Bonchev–Trinajstić information content (AvgIpc) is 3.23. The van der Waals surface area contributed by atoms with Gasteiger partial charge in [0.25, 0.3) is 0 Å². The zero-order valence-electron chi connectivity index (χ0n) is 13.0. The number of nitrogens with zero attached hydrogens (tertiary/aromatic N) is 1. The van der Waals surface area contributed by atoms with Crippen molar-refractivity contribution >= 4 is 34.2 Å². The van der Waals surface area contributed by atoms with E-state index in [-0.39, 0.29) is 36.1 Å². The first-order chi connectivity index (χ1) is 10.6. The van der Waals surface area contributed by atoms with Crippen LogP contribution >= 0.6 is 28.3 Å². The zero-order chi connectivity index (χ0) is 15.7. The predicted molar refractivity (Wildman–Crippen MR) is 94.8 cm³/mol. The van der Waals surface area contributed by atoms with Crippen LogP contribution in [0.2, 0.25) is 0 Å². The Labute approximate surface area is 151 Å². The van der Waals surface area contributed by atoms with Crippen molar-refractivity contribution in [2.75, 3.05) is 6.54 Å². The number of amides is 1. The van der Waals surface area contributed by atoms with Crippen LogP contribution in [-0.4, -0.2) is 23.4 Å². The molecule has 0 aliphatic heterocycles. The Hall–Kier alpha value is -0.650. The van der Waals surface area contributed by atoms with Gasteiger partial charge in [0.15, 0.2) is 0 Å². The fourth-order valence-corrected chi connectivity index (χ4v) is 3.89. The molecule has 1 aromatic carbocycles. The second-order valence-electron chi connectivity index (χ2n) is 6.47. The summed E-state index contributed by atoms with van der Waals surface area (Å²) in [6.07, 6.45) is 5.09. The van der Waals surface area contributed by atoms with Crippen molar-refractivity contribution in [1.29, 1.82) is 0 Å². The lowest BCUT2D eigenvalue weighted by molar-refractivity contribution is -0.137. The fourth-order valence-electron chi connectivity index (χ4n) is 3.48. The molecule has 2 aliphatic rings. The monoisotopic (exact) mass is 404 g/mol. The van der Waals surface area contributed by atoms with Gasteiger partial charge in [-0.15, -0.1) is 12.4 Å². The molecule has 3 rings (SSSR count). The summed E-state index contributed by atoms with van der Waals surface area (Å²) >= 11 is 3.38. The Morgan fingerprint density at radius 3 is 2.70 bits per heavy atom. The van der Waals surface area contributed by atoms with E-state index in [9.17, 15) is 9.18 Å². The van der Waals surface area contributed by atoms with Crippen LogP contribution in [0.5, 0.6) is 0 Å². The van der Waals surface area contributed by atoms with Gasteiger partial charge >= 0.3 is 0 Å². The molecule has 0 unspecified atom stereocenters. The average molecular weight is 406 g/mol. The summed E-state index contributed by atoms with van der Waals surface area (Å²) in [5.74, 6) is 0.250. The van der Waals surface area contributed by atoms with Crippen molar-refractivity contribution < 1.29 is 9.18 Å². The molecule has 2 atom stereocenters. The maximum Gasteiger partial charge on any atom is 0.226 e. The van der Waals surface area contributed by atoms with Crippen molar-refractivity contribution in [3.8, 4) is 0 Å². The summed E-state index contributed by atoms with van der Waals surface area (Å²) in [6, 6.07) is 5.19. The van der Waals surface area contributed by atoms with Crippen LogP contribution in [0.1, 0.15) is 37.7 Å². The van der Waals surface area contributed by atoms with Gasteiger partial charge in [0.1, 0.15) is 5.82 Å². The lowest BCUT2D eigenvalue weighted by atomic mass is 9.94. The molecule has 0 heterocycles. The van der Waals surface area contributed by atoms with E-state index in [2.05, 4.69) is 15.9 Å². The van der Waals surface area contributed by atoms with Crippen LogP contribution in [0.25, 0.3) is 0 Å². The van der Waals surface area contributed by atoms with Crippen molar-refractivity contribution in [1.82, 2.24) is 4.90 Å². The number of carbonyl (C=O) groups excluding carboxylic acids is 1. The van der Waals surface area contributed by atoms with E-state index in [0.717, 1.165) is 36.6 Å². The molecule has 2 saturated carbocycles. The topological polar surface area (TPSA) is 46.3 Å². The van der Waals surface area contributed by atoms with E-state index in [4.69, 9.17) is 5.73 Å². The maximum atomic E-state index is 14.0. The summed E-state index contributed by atoms with van der Waals surface area (Å²) in [4.78, 5) is 14.8. The first-order valence-corrected chi connectivity index (χ1v) is 8.84. The third-order valence-corrected chi connectivity index (χ3v) is 5.39. The van der Waals surface area contributed by atoms with Gasteiger partial charge < -0.3 is 10.6 Å². The van der Waals surface area contributed by atoms with Crippen LogP contribution < -0.4 is 5.73 Å². The van der Waals surface area contributed by atoms with Crippen molar-refractivity contribution in [3.63, 3.8) is 0 Å². The fraction of sp³-hybridized carbons (Fsp3) is 0.588. The van der Waals surface area contributed by atoms with E-state index < -0.39 is 0 Å². The molecule has 6 heteroatoms. The Kier molecular flexibility index (Phi) is 6.46. The standard InChI is InChI=1S/C17H22BrFN2O.ClH/c18-13-4-7-16(19)12(8-13)10-21(14-5-6-14)17(22)15-3-1-2-11(15)9-20;/h4,7-8,11,14-15H,1-3,5-6,9-10,20H2;1H/t11-,15-;/m1./s1. The largest absolute Gasteiger partial charge is 0.335 e. The molecule has 0 saturated heterocycles. The number of rotatable bonds is 5. The highest BCUT2D eigenvalue weighted by atomic mass is 79.9. The highest BCUT2D eigenvalue weighted by Gasteiger charge is 2.40.